The second-order valence-electron chi connectivity index (χ2n) is 5.81. The summed E-state index contributed by atoms with van der Waals surface area (Å²) in [6.07, 6.45) is 1.91. The second kappa shape index (κ2) is 7.36. The van der Waals surface area contributed by atoms with E-state index in [1.807, 2.05) is 6.20 Å². The second-order valence-corrected chi connectivity index (χ2v) is 5.81. The zero-order valence-corrected chi connectivity index (χ0v) is 12.8. The molecular weight excluding hydrogens is 246 g/mol. The lowest BCUT2D eigenvalue weighted by Crippen LogP contribution is -2.31. The van der Waals surface area contributed by atoms with Crippen molar-refractivity contribution in [3.8, 4) is 0 Å². The van der Waals surface area contributed by atoms with Gasteiger partial charge in [-0.05, 0) is 31.0 Å². The first-order chi connectivity index (χ1) is 9.66. The SMILES string of the molecule is CC(C)CNCCN(C)Cc1nccc2ccccc12. The molecule has 0 unspecified atom stereocenters. The van der Waals surface area contributed by atoms with Crippen LogP contribution in [0.25, 0.3) is 10.8 Å². The number of benzene rings is 1. The standard InChI is InChI=1S/C17H25N3/c1-14(2)12-18-10-11-20(3)13-17-16-7-5-4-6-15(16)8-9-19-17/h4-9,14,18H,10-13H2,1-3H3. The molecule has 0 radical (unpaired) electrons. The molecule has 2 rings (SSSR count). The van der Waals surface area contributed by atoms with Crippen LogP contribution >= 0.6 is 0 Å². The lowest BCUT2D eigenvalue weighted by Gasteiger charge is -2.18. The number of rotatable bonds is 7. The van der Waals surface area contributed by atoms with Crippen LogP contribution in [-0.2, 0) is 6.54 Å². The van der Waals surface area contributed by atoms with Crippen molar-refractivity contribution in [1.29, 1.82) is 0 Å². The van der Waals surface area contributed by atoms with Gasteiger partial charge < -0.3 is 5.32 Å². The van der Waals surface area contributed by atoms with E-state index in [9.17, 15) is 0 Å². The van der Waals surface area contributed by atoms with Crippen molar-refractivity contribution in [3.63, 3.8) is 0 Å². The molecule has 0 bridgehead atoms. The minimum absolute atomic E-state index is 0.708. The van der Waals surface area contributed by atoms with Gasteiger partial charge in [-0.1, -0.05) is 38.1 Å². The Morgan fingerprint density at radius 2 is 2.00 bits per heavy atom. The van der Waals surface area contributed by atoms with Crippen LogP contribution in [0.5, 0.6) is 0 Å². The Hall–Kier alpha value is -1.45. The molecule has 0 saturated carbocycles. The van der Waals surface area contributed by atoms with E-state index >= 15 is 0 Å². The number of fused-ring (bicyclic) bond motifs is 1. The fourth-order valence-corrected chi connectivity index (χ4v) is 2.30. The van der Waals surface area contributed by atoms with Crippen molar-refractivity contribution in [2.45, 2.75) is 20.4 Å². The van der Waals surface area contributed by atoms with Crippen LogP contribution in [-0.4, -0.2) is 36.6 Å². The van der Waals surface area contributed by atoms with Gasteiger partial charge in [0, 0.05) is 31.2 Å². The highest BCUT2D eigenvalue weighted by molar-refractivity contribution is 5.84. The summed E-state index contributed by atoms with van der Waals surface area (Å²) in [5.41, 5.74) is 1.16. The van der Waals surface area contributed by atoms with E-state index in [1.165, 1.54) is 10.8 Å². The van der Waals surface area contributed by atoms with Crippen LogP contribution in [0.3, 0.4) is 0 Å². The van der Waals surface area contributed by atoms with Crippen LogP contribution in [0.4, 0.5) is 0 Å². The third kappa shape index (κ3) is 4.29. The highest BCUT2D eigenvalue weighted by atomic mass is 15.1. The predicted molar refractivity (Wildman–Crippen MR) is 85.8 cm³/mol. The van der Waals surface area contributed by atoms with Crippen molar-refractivity contribution in [3.05, 3.63) is 42.2 Å². The molecular formula is C17H25N3. The summed E-state index contributed by atoms with van der Waals surface area (Å²) in [6, 6.07) is 10.5. The van der Waals surface area contributed by atoms with Crippen molar-refractivity contribution < 1.29 is 0 Å². The maximum Gasteiger partial charge on any atom is 0.0622 e. The smallest absolute Gasteiger partial charge is 0.0622 e. The van der Waals surface area contributed by atoms with Gasteiger partial charge in [0.2, 0.25) is 0 Å². The molecule has 1 aromatic heterocycles. The average Bonchev–Trinajstić information content (AvgIpc) is 2.44. The minimum atomic E-state index is 0.708. The van der Waals surface area contributed by atoms with E-state index in [0.29, 0.717) is 5.92 Å². The number of likely N-dealkylation sites (N-methyl/N-ethyl adjacent to an activating group) is 1. The van der Waals surface area contributed by atoms with Crippen LogP contribution < -0.4 is 5.32 Å². The maximum atomic E-state index is 4.54. The molecule has 3 nitrogen and oxygen atoms in total. The minimum Gasteiger partial charge on any atom is -0.315 e. The van der Waals surface area contributed by atoms with E-state index in [4.69, 9.17) is 0 Å². The van der Waals surface area contributed by atoms with E-state index < -0.39 is 0 Å². The van der Waals surface area contributed by atoms with E-state index in [1.54, 1.807) is 0 Å². The summed E-state index contributed by atoms with van der Waals surface area (Å²) < 4.78 is 0. The molecule has 108 valence electrons. The molecule has 1 N–H and O–H groups in total. The quantitative estimate of drug-likeness (QED) is 0.785. The fourth-order valence-electron chi connectivity index (χ4n) is 2.30. The number of nitrogens with one attached hydrogen (secondary N) is 1. The van der Waals surface area contributed by atoms with Crippen LogP contribution in [0.2, 0.25) is 0 Å². The van der Waals surface area contributed by atoms with Gasteiger partial charge in [-0.25, -0.2) is 0 Å². The van der Waals surface area contributed by atoms with Gasteiger partial charge in [-0.15, -0.1) is 0 Å². The lowest BCUT2D eigenvalue weighted by molar-refractivity contribution is 0.319. The van der Waals surface area contributed by atoms with Gasteiger partial charge in [-0.2, -0.15) is 0 Å². The number of pyridine rings is 1. The molecule has 1 aromatic carbocycles. The van der Waals surface area contributed by atoms with Crippen molar-refractivity contribution in [1.82, 2.24) is 15.2 Å². The Bertz CT molecular complexity index is 531. The van der Waals surface area contributed by atoms with Gasteiger partial charge in [0.05, 0.1) is 5.69 Å². The first kappa shape index (κ1) is 14.9. The van der Waals surface area contributed by atoms with Crippen molar-refractivity contribution in [2.75, 3.05) is 26.7 Å². The maximum absolute atomic E-state index is 4.54. The normalized spacial score (nSPS) is 11.7. The molecule has 20 heavy (non-hydrogen) atoms. The largest absolute Gasteiger partial charge is 0.315 e. The summed E-state index contributed by atoms with van der Waals surface area (Å²) in [7, 11) is 2.15. The Balaban J connectivity index is 1.91. The highest BCUT2D eigenvalue weighted by Crippen LogP contribution is 2.17. The van der Waals surface area contributed by atoms with Gasteiger partial charge >= 0.3 is 0 Å². The summed E-state index contributed by atoms with van der Waals surface area (Å²) >= 11 is 0. The molecule has 3 heteroatoms. The molecule has 0 fully saturated rings. The number of nitrogens with zero attached hydrogens (tertiary/aromatic N) is 2. The highest BCUT2D eigenvalue weighted by Gasteiger charge is 2.05. The molecule has 0 atom stereocenters. The average molecular weight is 271 g/mol. The molecule has 0 amide bonds. The predicted octanol–water partition coefficient (Wildman–Crippen LogP) is 2.91. The molecule has 1 heterocycles. The third-order valence-corrected chi connectivity index (χ3v) is 3.40. The van der Waals surface area contributed by atoms with Gasteiger partial charge in [0.25, 0.3) is 0 Å². The van der Waals surface area contributed by atoms with Gasteiger partial charge in [0.1, 0.15) is 0 Å². The van der Waals surface area contributed by atoms with Gasteiger partial charge in [0.15, 0.2) is 0 Å². The Morgan fingerprint density at radius 3 is 2.80 bits per heavy atom. The topological polar surface area (TPSA) is 28.2 Å². The Labute approximate surface area is 122 Å². The van der Waals surface area contributed by atoms with E-state index in [0.717, 1.165) is 31.9 Å². The van der Waals surface area contributed by atoms with Crippen molar-refractivity contribution >= 4 is 10.8 Å². The summed E-state index contributed by atoms with van der Waals surface area (Å²) in [5.74, 6) is 0.708. The van der Waals surface area contributed by atoms with Crippen LogP contribution in [0.15, 0.2) is 36.5 Å². The molecule has 0 aliphatic carbocycles. The van der Waals surface area contributed by atoms with Crippen molar-refractivity contribution in [2.24, 2.45) is 5.92 Å². The number of hydrogen-bond acceptors (Lipinski definition) is 3. The summed E-state index contributed by atoms with van der Waals surface area (Å²) in [4.78, 5) is 6.86. The molecule has 0 aliphatic rings. The van der Waals surface area contributed by atoms with Crippen LogP contribution in [0.1, 0.15) is 19.5 Å². The lowest BCUT2D eigenvalue weighted by atomic mass is 10.1. The zero-order chi connectivity index (χ0) is 14.4. The number of aromatic nitrogens is 1. The first-order valence-corrected chi connectivity index (χ1v) is 7.38. The Kier molecular flexibility index (Phi) is 5.50. The third-order valence-electron chi connectivity index (χ3n) is 3.40. The monoisotopic (exact) mass is 271 g/mol. The van der Waals surface area contributed by atoms with E-state index in [-0.39, 0.29) is 0 Å². The summed E-state index contributed by atoms with van der Waals surface area (Å²) in [6.45, 7) is 8.51. The first-order valence-electron chi connectivity index (χ1n) is 7.38. The summed E-state index contributed by atoms with van der Waals surface area (Å²) in [5, 5.41) is 6.01. The zero-order valence-electron chi connectivity index (χ0n) is 12.8. The van der Waals surface area contributed by atoms with Gasteiger partial charge in [-0.3, -0.25) is 9.88 Å². The molecule has 0 saturated heterocycles. The number of hydrogen-bond donors (Lipinski definition) is 1. The molecule has 0 spiro atoms. The van der Waals surface area contributed by atoms with E-state index in [2.05, 4.69) is 66.4 Å². The molecule has 2 aromatic rings. The fraction of sp³-hybridized carbons (Fsp3) is 0.471. The van der Waals surface area contributed by atoms with Crippen LogP contribution in [0, 0.1) is 5.92 Å². The Morgan fingerprint density at radius 1 is 1.20 bits per heavy atom. The molecule has 0 aliphatic heterocycles.